The first-order valence-corrected chi connectivity index (χ1v) is 12.2. The second kappa shape index (κ2) is 9.47. The quantitative estimate of drug-likeness (QED) is 0.211. The van der Waals surface area contributed by atoms with Crippen LogP contribution < -0.4 is 22.5 Å². The largest absolute Gasteiger partial charge is 0.384 e. The zero-order chi connectivity index (χ0) is 25.4. The summed E-state index contributed by atoms with van der Waals surface area (Å²) in [6.07, 6.45) is 3.52. The molecule has 4 aromatic rings. The van der Waals surface area contributed by atoms with Gasteiger partial charge in [-0.3, -0.25) is 15.0 Å². The molecule has 0 atom stereocenters. The van der Waals surface area contributed by atoms with E-state index in [-0.39, 0.29) is 23.8 Å². The lowest BCUT2D eigenvalue weighted by Crippen LogP contribution is -2.41. The highest BCUT2D eigenvalue weighted by Crippen LogP contribution is 2.28. The fourth-order valence-electron chi connectivity index (χ4n) is 5.19. The maximum Gasteiger partial charge on any atom is 0.268 e. The molecule has 0 unspecified atom stereocenters. The third kappa shape index (κ3) is 4.43. The molecule has 0 radical (unpaired) electrons. The van der Waals surface area contributed by atoms with Crippen LogP contribution >= 0.6 is 0 Å². The standard InChI is InChI=1S/C28H30N6O2/c29-19-8-10-20(11-9-19)33-28(36)25-13-16-5-6-17(26(30)31)14-24(16)34(25)15-18-7-12-23(27(32)35)22-4-2-1-3-21(18)22/h1-7,12-14,19-20H,8-11,15,29H2,(H3,30,31)(H2,32,35)(H,33,36)/t19-,20-. The third-order valence-corrected chi connectivity index (χ3v) is 7.16. The molecule has 2 amide bonds. The molecule has 8 N–H and O–H groups in total. The van der Waals surface area contributed by atoms with E-state index in [4.69, 9.17) is 22.6 Å². The van der Waals surface area contributed by atoms with Gasteiger partial charge in [0, 0.05) is 40.7 Å². The molecule has 1 saturated carbocycles. The van der Waals surface area contributed by atoms with Gasteiger partial charge in [-0.2, -0.15) is 0 Å². The predicted molar refractivity (Wildman–Crippen MR) is 142 cm³/mol. The number of carbonyl (C=O) groups excluding carboxylic acids is 2. The van der Waals surface area contributed by atoms with Gasteiger partial charge in [-0.15, -0.1) is 0 Å². The predicted octanol–water partition coefficient (Wildman–Crippen LogP) is 3.23. The zero-order valence-corrected chi connectivity index (χ0v) is 20.0. The first kappa shape index (κ1) is 23.6. The molecule has 0 bridgehead atoms. The Bertz CT molecular complexity index is 1500. The topological polar surface area (TPSA) is 153 Å². The number of hydrogen-bond acceptors (Lipinski definition) is 4. The fraction of sp³-hybridized carbons (Fsp3) is 0.250. The van der Waals surface area contributed by atoms with Crippen LogP contribution in [0.4, 0.5) is 0 Å². The molecule has 3 aromatic carbocycles. The van der Waals surface area contributed by atoms with E-state index >= 15 is 0 Å². The number of rotatable bonds is 6. The van der Waals surface area contributed by atoms with Crippen LogP contribution in [0, 0.1) is 5.41 Å². The Morgan fingerprint density at radius 3 is 2.36 bits per heavy atom. The number of nitrogens with one attached hydrogen (secondary N) is 2. The average Bonchev–Trinajstić information content (AvgIpc) is 3.23. The van der Waals surface area contributed by atoms with E-state index in [1.54, 1.807) is 12.1 Å². The Hall–Kier alpha value is -4.17. The van der Waals surface area contributed by atoms with Gasteiger partial charge in [0.05, 0.1) is 0 Å². The number of primary amides is 1. The molecule has 36 heavy (non-hydrogen) atoms. The number of benzene rings is 3. The summed E-state index contributed by atoms with van der Waals surface area (Å²) in [5.41, 5.74) is 20.7. The number of amides is 2. The molecule has 1 aliphatic carbocycles. The van der Waals surface area contributed by atoms with Crippen molar-refractivity contribution < 1.29 is 9.59 Å². The van der Waals surface area contributed by atoms with Gasteiger partial charge >= 0.3 is 0 Å². The molecule has 1 fully saturated rings. The summed E-state index contributed by atoms with van der Waals surface area (Å²) in [6, 6.07) is 18.9. The smallest absolute Gasteiger partial charge is 0.268 e. The van der Waals surface area contributed by atoms with Crippen molar-refractivity contribution in [3.63, 3.8) is 0 Å². The summed E-state index contributed by atoms with van der Waals surface area (Å²) in [4.78, 5) is 25.5. The molecule has 1 aromatic heterocycles. The summed E-state index contributed by atoms with van der Waals surface area (Å²) in [5, 5.41) is 13.6. The Balaban J connectivity index is 1.60. The van der Waals surface area contributed by atoms with Crippen molar-refractivity contribution >= 4 is 39.3 Å². The number of nitrogen functional groups attached to an aromatic ring is 1. The maximum atomic E-state index is 13.5. The lowest BCUT2D eigenvalue weighted by atomic mass is 9.92. The van der Waals surface area contributed by atoms with Crippen LogP contribution in [0.3, 0.4) is 0 Å². The summed E-state index contributed by atoms with van der Waals surface area (Å²) < 4.78 is 1.96. The average molecular weight is 483 g/mol. The van der Waals surface area contributed by atoms with Crippen LogP contribution in [0.2, 0.25) is 0 Å². The van der Waals surface area contributed by atoms with Crippen molar-refractivity contribution in [1.82, 2.24) is 9.88 Å². The number of aromatic nitrogens is 1. The van der Waals surface area contributed by atoms with Crippen LogP contribution in [0.15, 0.2) is 60.7 Å². The van der Waals surface area contributed by atoms with Gasteiger partial charge in [0.2, 0.25) is 5.91 Å². The first-order valence-electron chi connectivity index (χ1n) is 12.2. The molecule has 1 heterocycles. The molecule has 8 heteroatoms. The van der Waals surface area contributed by atoms with Crippen molar-refractivity contribution in [2.75, 3.05) is 0 Å². The van der Waals surface area contributed by atoms with Crippen molar-refractivity contribution in [2.45, 2.75) is 44.3 Å². The lowest BCUT2D eigenvalue weighted by molar-refractivity contribution is 0.0916. The normalized spacial score (nSPS) is 17.8. The Morgan fingerprint density at radius 2 is 1.67 bits per heavy atom. The number of fused-ring (bicyclic) bond motifs is 2. The highest BCUT2D eigenvalue weighted by atomic mass is 16.2. The zero-order valence-electron chi connectivity index (χ0n) is 20.0. The second-order valence-electron chi connectivity index (χ2n) is 9.57. The van der Waals surface area contributed by atoms with E-state index in [0.717, 1.165) is 52.9 Å². The summed E-state index contributed by atoms with van der Waals surface area (Å²) in [6.45, 7) is 0.392. The Kier molecular flexibility index (Phi) is 6.20. The van der Waals surface area contributed by atoms with Crippen molar-refractivity contribution in [3.05, 3.63) is 83.0 Å². The monoisotopic (exact) mass is 482 g/mol. The van der Waals surface area contributed by atoms with E-state index in [0.29, 0.717) is 23.4 Å². The summed E-state index contributed by atoms with van der Waals surface area (Å²) in [7, 11) is 0. The third-order valence-electron chi connectivity index (χ3n) is 7.16. The Labute approximate surface area is 208 Å². The number of nitrogens with two attached hydrogens (primary N) is 3. The first-order chi connectivity index (χ1) is 17.3. The SMILES string of the molecule is N=C(N)c1ccc2cc(C(=O)N[C@H]3CC[C@H](N)CC3)n(Cc3ccc(C(N)=O)c4ccccc34)c2c1. The number of amidine groups is 1. The molecule has 1 aliphatic rings. The summed E-state index contributed by atoms with van der Waals surface area (Å²) >= 11 is 0. The van der Waals surface area contributed by atoms with Crippen LogP contribution in [0.5, 0.6) is 0 Å². The molecule has 184 valence electrons. The number of carbonyl (C=O) groups is 2. The second-order valence-corrected chi connectivity index (χ2v) is 9.57. The molecular formula is C28H30N6O2. The van der Waals surface area contributed by atoms with E-state index in [1.165, 1.54) is 0 Å². The maximum absolute atomic E-state index is 13.5. The van der Waals surface area contributed by atoms with Crippen LogP contribution in [0.25, 0.3) is 21.7 Å². The van der Waals surface area contributed by atoms with Crippen LogP contribution in [-0.2, 0) is 6.54 Å². The van der Waals surface area contributed by atoms with E-state index in [9.17, 15) is 9.59 Å². The van der Waals surface area contributed by atoms with Crippen LogP contribution in [-0.4, -0.2) is 34.3 Å². The van der Waals surface area contributed by atoms with Crippen molar-refractivity contribution in [2.24, 2.45) is 17.2 Å². The van der Waals surface area contributed by atoms with Gasteiger partial charge in [-0.1, -0.05) is 42.5 Å². The minimum Gasteiger partial charge on any atom is -0.384 e. The van der Waals surface area contributed by atoms with E-state index in [2.05, 4.69) is 5.32 Å². The van der Waals surface area contributed by atoms with Gasteiger partial charge in [0.1, 0.15) is 11.5 Å². The molecule has 5 rings (SSSR count). The van der Waals surface area contributed by atoms with E-state index < -0.39 is 5.91 Å². The fourth-order valence-corrected chi connectivity index (χ4v) is 5.19. The van der Waals surface area contributed by atoms with Crippen molar-refractivity contribution in [3.8, 4) is 0 Å². The van der Waals surface area contributed by atoms with Gasteiger partial charge in [-0.05, 0) is 60.2 Å². The molecule has 0 spiro atoms. The summed E-state index contributed by atoms with van der Waals surface area (Å²) in [5.74, 6) is -0.665. The molecular weight excluding hydrogens is 452 g/mol. The van der Waals surface area contributed by atoms with Gasteiger partial charge < -0.3 is 27.1 Å². The Morgan fingerprint density at radius 1 is 0.944 bits per heavy atom. The van der Waals surface area contributed by atoms with Crippen molar-refractivity contribution in [1.29, 1.82) is 5.41 Å². The van der Waals surface area contributed by atoms with Gasteiger partial charge in [-0.25, -0.2) is 0 Å². The minimum atomic E-state index is -0.484. The van der Waals surface area contributed by atoms with E-state index in [1.807, 2.05) is 53.1 Å². The minimum absolute atomic E-state index is 0.0366. The number of nitrogens with zero attached hydrogens (tertiary/aromatic N) is 1. The molecule has 8 nitrogen and oxygen atoms in total. The van der Waals surface area contributed by atoms with Gasteiger partial charge in [0.15, 0.2) is 0 Å². The highest BCUT2D eigenvalue weighted by molar-refractivity contribution is 6.07. The molecule has 0 saturated heterocycles. The molecule has 0 aliphatic heterocycles. The van der Waals surface area contributed by atoms with Gasteiger partial charge in [0.25, 0.3) is 5.91 Å². The van der Waals surface area contributed by atoms with Crippen LogP contribution in [0.1, 0.15) is 57.7 Å². The highest BCUT2D eigenvalue weighted by Gasteiger charge is 2.23. The number of hydrogen-bond donors (Lipinski definition) is 5. The lowest BCUT2D eigenvalue weighted by Gasteiger charge is -2.27.